The average molecular weight is 139 g/mol. The molecule has 0 fully saturated rings. The molecule has 55 valence electrons. The maximum atomic E-state index is 12.1. The highest BCUT2D eigenvalue weighted by Gasteiger charge is 2.28. The van der Waals surface area contributed by atoms with Crippen LogP contribution in [0.3, 0.4) is 0 Å². The highest BCUT2D eigenvalue weighted by molar-refractivity contribution is 4.69. The summed E-state index contributed by atoms with van der Waals surface area (Å²) in [6, 6.07) is 0. The van der Waals surface area contributed by atoms with E-state index in [0.717, 1.165) is 6.92 Å². The van der Waals surface area contributed by atoms with Crippen molar-refractivity contribution < 1.29 is 13.2 Å². The lowest BCUT2D eigenvalue weighted by Crippen LogP contribution is -2.18. The van der Waals surface area contributed by atoms with E-state index in [2.05, 4.69) is 6.92 Å². The minimum atomic E-state index is -2.92. The SMILES string of the molecule is [CH2]CC(F)(F)C[C@H](C)F. The summed E-state index contributed by atoms with van der Waals surface area (Å²) in [5.41, 5.74) is 0. The summed E-state index contributed by atoms with van der Waals surface area (Å²) in [6.45, 7) is 4.11. The lowest BCUT2D eigenvalue weighted by Gasteiger charge is -2.13. The Balaban J connectivity index is 3.58. The van der Waals surface area contributed by atoms with Crippen LogP contribution in [0.25, 0.3) is 0 Å². The van der Waals surface area contributed by atoms with Crippen LogP contribution >= 0.6 is 0 Å². The standard InChI is InChI=1S/C6H10F3/c1-3-6(8,9)4-5(2)7/h5H,1,3-4H2,2H3/t5-/m0/s1. The van der Waals surface area contributed by atoms with Crippen molar-refractivity contribution >= 4 is 0 Å². The molecule has 0 rings (SSSR count). The summed E-state index contributed by atoms with van der Waals surface area (Å²) >= 11 is 0. The summed E-state index contributed by atoms with van der Waals surface area (Å²) in [6.07, 6.45) is -2.68. The molecule has 0 bridgehead atoms. The molecule has 0 heterocycles. The number of rotatable bonds is 3. The fourth-order valence-electron chi connectivity index (χ4n) is 0.514. The Morgan fingerprint density at radius 1 is 1.56 bits per heavy atom. The molecule has 0 aromatic heterocycles. The van der Waals surface area contributed by atoms with Crippen molar-refractivity contribution in [1.82, 2.24) is 0 Å². The fraction of sp³-hybridized carbons (Fsp3) is 0.833. The molecular weight excluding hydrogens is 129 g/mol. The van der Waals surface area contributed by atoms with Crippen molar-refractivity contribution in [3.63, 3.8) is 0 Å². The van der Waals surface area contributed by atoms with Crippen LogP contribution in [-0.4, -0.2) is 12.1 Å². The van der Waals surface area contributed by atoms with Gasteiger partial charge in [0.05, 0.1) is 0 Å². The summed E-state index contributed by atoms with van der Waals surface area (Å²) in [7, 11) is 0. The van der Waals surface area contributed by atoms with E-state index in [4.69, 9.17) is 0 Å². The lowest BCUT2D eigenvalue weighted by molar-refractivity contribution is -0.0230. The second-order valence-electron chi connectivity index (χ2n) is 2.09. The Morgan fingerprint density at radius 2 is 2.00 bits per heavy atom. The molecule has 1 atom stereocenters. The van der Waals surface area contributed by atoms with E-state index >= 15 is 0 Å². The predicted octanol–water partition coefficient (Wildman–Crippen LogP) is 2.59. The van der Waals surface area contributed by atoms with Gasteiger partial charge < -0.3 is 0 Å². The highest BCUT2D eigenvalue weighted by atomic mass is 19.3. The van der Waals surface area contributed by atoms with Gasteiger partial charge in [0.15, 0.2) is 0 Å². The quantitative estimate of drug-likeness (QED) is 0.563. The average Bonchev–Trinajstić information content (AvgIpc) is 1.63. The molecule has 0 aromatic carbocycles. The molecule has 9 heavy (non-hydrogen) atoms. The molecule has 0 aromatic rings. The largest absolute Gasteiger partial charge is 0.250 e. The zero-order valence-corrected chi connectivity index (χ0v) is 5.33. The number of halogens is 3. The molecule has 0 aliphatic heterocycles. The third kappa shape index (κ3) is 4.30. The molecule has 0 amide bonds. The Labute approximate surface area is 53.1 Å². The molecule has 0 spiro atoms. The molecule has 0 unspecified atom stereocenters. The van der Waals surface area contributed by atoms with Crippen LogP contribution in [0, 0.1) is 6.92 Å². The molecule has 0 nitrogen and oxygen atoms in total. The molecule has 3 heteroatoms. The Bertz CT molecular complexity index is 78.4. The maximum Gasteiger partial charge on any atom is 0.250 e. The lowest BCUT2D eigenvalue weighted by atomic mass is 10.1. The van der Waals surface area contributed by atoms with Gasteiger partial charge in [0.2, 0.25) is 0 Å². The topological polar surface area (TPSA) is 0 Å². The van der Waals surface area contributed by atoms with Gasteiger partial charge in [-0.15, -0.1) is 0 Å². The van der Waals surface area contributed by atoms with E-state index < -0.39 is 24.9 Å². The van der Waals surface area contributed by atoms with E-state index in [-0.39, 0.29) is 0 Å². The monoisotopic (exact) mass is 139 g/mol. The van der Waals surface area contributed by atoms with Gasteiger partial charge in [0.25, 0.3) is 5.92 Å². The number of hydrogen-bond acceptors (Lipinski definition) is 0. The van der Waals surface area contributed by atoms with Crippen LogP contribution in [0.1, 0.15) is 19.8 Å². The molecule has 0 saturated carbocycles. The molecule has 1 radical (unpaired) electrons. The van der Waals surface area contributed by atoms with Crippen LogP contribution in [0.4, 0.5) is 13.2 Å². The van der Waals surface area contributed by atoms with Crippen molar-refractivity contribution in [1.29, 1.82) is 0 Å². The number of alkyl halides is 3. The Hall–Kier alpha value is -0.210. The smallest absolute Gasteiger partial charge is 0.248 e. The zero-order valence-electron chi connectivity index (χ0n) is 5.33. The second-order valence-corrected chi connectivity index (χ2v) is 2.09. The van der Waals surface area contributed by atoms with Gasteiger partial charge in [-0.1, -0.05) is 0 Å². The van der Waals surface area contributed by atoms with E-state index in [0.29, 0.717) is 0 Å². The van der Waals surface area contributed by atoms with Crippen LogP contribution < -0.4 is 0 Å². The first-order chi connectivity index (χ1) is 3.98. The third-order valence-corrected chi connectivity index (χ3v) is 0.946. The van der Waals surface area contributed by atoms with Gasteiger partial charge >= 0.3 is 0 Å². The Kier molecular flexibility index (Phi) is 3.01. The third-order valence-electron chi connectivity index (χ3n) is 0.946. The first-order valence-electron chi connectivity index (χ1n) is 2.79. The first kappa shape index (κ1) is 8.79. The van der Waals surface area contributed by atoms with E-state index in [1.165, 1.54) is 0 Å². The van der Waals surface area contributed by atoms with Crippen molar-refractivity contribution in [2.24, 2.45) is 0 Å². The van der Waals surface area contributed by atoms with Crippen molar-refractivity contribution in [2.45, 2.75) is 31.9 Å². The van der Waals surface area contributed by atoms with E-state index in [9.17, 15) is 13.2 Å². The van der Waals surface area contributed by atoms with Crippen LogP contribution in [0.5, 0.6) is 0 Å². The summed E-state index contributed by atoms with van der Waals surface area (Å²) in [5.74, 6) is -2.92. The first-order valence-corrected chi connectivity index (χ1v) is 2.79. The fourth-order valence-corrected chi connectivity index (χ4v) is 0.514. The van der Waals surface area contributed by atoms with Crippen LogP contribution in [0.2, 0.25) is 0 Å². The number of hydrogen-bond donors (Lipinski definition) is 0. The predicted molar refractivity (Wildman–Crippen MR) is 30.1 cm³/mol. The molecule has 0 saturated heterocycles. The van der Waals surface area contributed by atoms with Gasteiger partial charge in [-0.3, -0.25) is 0 Å². The molecule has 0 aliphatic rings. The van der Waals surface area contributed by atoms with Gasteiger partial charge in [0.1, 0.15) is 6.17 Å². The maximum absolute atomic E-state index is 12.1. The van der Waals surface area contributed by atoms with Gasteiger partial charge in [-0.2, -0.15) is 0 Å². The minimum absolute atomic E-state index is 0.527. The zero-order chi connectivity index (χ0) is 7.49. The summed E-state index contributed by atoms with van der Waals surface area (Å²) < 4.78 is 36.1. The molecular formula is C6H10F3. The Morgan fingerprint density at radius 3 is 2.11 bits per heavy atom. The molecule has 0 N–H and O–H groups in total. The second kappa shape index (κ2) is 3.08. The van der Waals surface area contributed by atoms with Crippen molar-refractivity contribution in [3.8, 4) is 0 Å². The highest BCUT2D eigenvalue weighted by Crippen LogP contribution is 2.24. The normalized spacial score (nSPS) is 15.7. The van der Waals surface area contributed by atoms with E-state index in [1.807, 2.05) is 0 Å². The summed E-state index contributed by atoms with van der Waals surface area (Å²) in [5, 5.41) is 0. The summed E-state index contributed by atoms with van der Waals surface area (Å²) in [4.78, 5) is 0. The molecule has 0 aliphatic carbocycles. The van der Waals surface area contributed by atoms with Gasteiger partial charge in [-0.05, 0) is 13.8 Å². The van der Waals surface area contributed by atoms with E-state index in [1.54, 1.807) is 0 Å². The minimum Gasteiger partial charge on any atom is -0.248 e. The van der Waals surface area contributed by atoms with Crippen molar-refractivity contribution in [2.75, 3.05) is 0 Å². The van der Waals surface area contributed by atoms with Gasteiger partial charge in [0, 0.05) is 12.8 Å². The van der Waals surface area contributed by atoms with Crippen LogP contribution in [0.15, 0.2) is 0 Å². The van der Waals surface area contributed by atoms with Crippen LogP contribution in [-0.2, 0) is 0 Å². The van der Waals surface area contributed by atoms with Crippen molar-refractivity contribution in [3.05, 3.63) is 6.92 Å². The van der Waals surface area contributed by atoms with Gasteiger partial charge in [-0.25, -0.2) is 13.2 Å².